The second kappa shape index (κ2) is 5.90. The number of aromatic nitrogens is 1. The van der Waals surface area contributed by atoms with Gasteiger partial charge < -0.3 is 10.5 Å². The minimum Gasteiger partial charge on any atom is -0.462 e. The summed E-state index contributed by atoms with van der Waals surface area (Å²) in [6.45, 7) is 1.82. The Morgan fingerprint density at radius 1 is 1.65 bits per heavy atom. The van der Waals surface area contributed by atoms with Gasteiger partial charge in [-0.2, -0.15) is 0 Å². The van der Waals surface area contributed by atoms with Crippen LogP contribution in [0.1, 0.15) is 35.0 Å². The summed E-state index contributed by atoms with van der Waals surface area (Å²) >= 11 is 3.11. The van der Waals surface area contributed by atoms with Crippen LogP contribution < -0.4 is 5.73 Å². The van der Waals surface area contributed by atoms with E-state index in [0.717, 1.165) is 6.07 Å². The van der Waals surface area contributed by atoms with E-state index < -0.39 is 18.1 Å². The molecule has 0 saturated carbocycles. The highest BCUT2D eigenvalue weighted by Crippen LogP contribution is 2.25. The number of pyridine rings is 1. The molecule has 0 saturated heterocycles. The first-order valence-corrected chi connectivity index (χ1v) is 5.93. The first-order valence-electron chi connectivity index (χ1n) is 4.81. The molecule has 2 N–H and O–H groups in total. The van der Waals surface area contributed by atoms with E-state index in [4.69, 9.17) is 10.5 Å². The smallest absolute Gasteiger partial charge is 0.342 e. The molecule has 0 unspecified atom stereocenters. The molecule has 0 aliphatic rings. The van der Waals surface area contributed by atoms with Gasteiger partial charge in [0, 0.05) is 5.33 Å². The van der Waals surface area contributed by atoms with Crippen LogP contribution in [-0.4, -0.2) is 17.6 Å². The monoisotopic (exact) mass is 308 g/mol. The highest BCUT2D eigenvalue weighted by molar-refractivity contribution is 9.08. The number of rotatable bonds is 4. The fourth-order valence-corrected chi connectivity index (χ4v) is 1.74. The van der Waals surface area contributed by atoms with Gasteiger partial charge in [-0.25, -0.2) is 18.6 Å². The van der Waals surface area contributed by atoms with Crippen LogP contribution in [-0.2, 0) is 10.1 Å². The molecule has 0 aromatic carbocycles. The normalized spacial score (nSPS) is 10.6. The van der Waals surface area contributed by atoms with E-state index in [9.17, 15) is 13.6 Å². The van der Waals surface area contributed by atoms with Gasteiger partial charge in [-0.1, -0.05) is 15.9 Å². The van der Waals surface area contributed by atoms with Crippen molar-refractivity contribution in [3.05, 3.63) is 22.9 Å². The Bertz CT molecular complexity index is 427. The van der Waals surface area contributed by atoms with Crippen LogP contribution in [0.5, 0.6) is 0 Å². The van der Waals surface area contributed by atoms with E-state index in [1.165, 1.54) is 0 Å². The minimum absolute atomic E-state index is 0.0353. The quantitative estimate of drug-likeness (QED) is 0.686. The van der Waals surface area contributed by atoms with Crippen LogP contribution in [0.25, 0.3) is 0 Å². The third kappa shape index (κ3) is 3.12. The molecule has 0 radical (unpaired) electrons. The number of nitrogens with zero attached hydrogens (tertiary/aromatic N) is 1. The Kier molecular flexibility index (Phi) is 4.80. The number of halogens is 3. The molecule has 17 heavy (non-hydrogen) atoms. The average molecular weight is 309 g/mol. The fraction of sp³-hybridized carbons (Fsp3) is 0.400. The van der Waals surface area contributed by atoms with Gasteiger partial charge in [0.05, 0.1) is 6.61 Å². The lowest BCUT2D eigenvalue weighted by Gasteiger charge is -2.11. The van der Waals surface area contributed by atoms with Gasteiger partial charge in [0.2, 0.25) is 0 Å². The zero-order valence-corrected chi connectivity index (χ0v) is 10.6. The van der Waals surface area contributed by atoms with Crippen molar-refractivity contribution in [3.8, 4) is 0 Å². The first-order chi connectivity index (χ1) is 8.01. The number of anilines is 1. The van der Waals surface area contributed by atoms with Crippen molar-refractivity contribution < 1.29 is 18.3 Å². The van der Waals surface area contributed by atoms with Crippen molar-refractivity contribution >= 4 is 27.7 Å². The van der Waals surface area contributed by atoms with Crippen molar-refractivity contribution in [2.45, 2.75) is 18.7 Å². The number of hydrogen-bond acceptors (Lipinski definition) is 4. The van der Waals surface area contributed by atoms with Crippen LogP contribution in [0.3, 0.4) is 0 Å². The molecule has 7 heteroatoms. The van der Waals surface area contributed by atoms with Crippen LogP contribution in [0.15, 0.2) is 6.07 Å². The van der Waals surface area contributed by atoms with Crippen LogP contribution in [0.2, 0.25) is 0 Å². The molecule has 0 bridgehead atoms. The Hall–Kier alpha value is -1.24. The van der Waals surface area contributed by atoms with Crippen molar-refractivity contribution in [1.29, 1.82) is 0 Å². The van der Waals surface area contributed by atoms with E-state index in [2.05, 4.69) is 20.9 Å². The number of ether oxygens (including phenoxy) is 1. The van der Waals surface area contributed by atoms with Crippen molar-refractivity contribution in [3.63, 3.8) is 0 Å². The third-order valence-corrected chi connectivity index (χ3v) is 2.60. The number of hydrogen-bond donors (Lipinski definition) is 1. The Labute approximate surface area is 105 Å². The first kappa shape index (κ1) is 13.8. The van der Waals surface area contributed by atoms with Crippen molar-refractivity contribution in [2.24, 2.45) is 0 Å². The third-order valence-electron chi connectivity index (χ3n) is 2.00. The lowest BCUT2D eigenvalue weighted by atomic mass is 10.1. The van der Waals surface area contributed by atoms with Crippen LogP contribution in [0.4, 0.5) is 14.6 Å². The van der Waals surface area contributed by atoms with E-state index in [-0.39, 0.29) is 23.3 Å². The standard InChI is InChI=1S/C10H11BrF2N2O2/c1-2-17-10(16)7-5(4-11)3-6(8(12)13)15-9(7)14/h3,8H,2,4H2,1H3,(H2,14,15). The summed E-state index contributed by atoms with van der Waals surface area (Å²) in [7, 11) is 0. The molecule has 0 fully saturated rings. The maximum atomic E-state index is 12.5. The Morgan fingerprint density at radius 2 is 2.29 bits per heavy atom. The van der Waals surface area contributed by atoms with Crippen LogP contribution in [0, 0.1) is 0 Å². The molecule has 0 aliphatic carbocycles. The van der Waals surface area contributed by atoms with Gasteiger partial charge >= 0.3 is 5.97 Å². The minimum atomic E-state index is -2.73. The summed E-state index contributed by atoms with van der Waals surface area (Å²) < 4.78 is 29.8. The predicted octanol–water partition coefficient (Wildman–Crippen LogP) is 2.67. The molecule has 0 amide bonds. The summed E-state index contributed by atoms with van der Waals surface area (Å²) in [6, 6.07) is 1.14. The van der Waals surface area contributed by atoms with E-state index in [1.54, 1.807) is 6.92 Å². The largest absolute Gasteiger partial charge is 0.462 e. The SMILES string of the molecule is CCOC(=O)c1c(CBr)cc(C(F)F)nc1N. The summed E-state index contributed by atoms with van der Waals surface area (Å²) in [5.41, 5.74) is 5.42. The van der Waals surface area contributed by atoms with Crippen molar-refractivity contribution in [1.82, 2.24) is 4.98 Å². The van der Waals surface area contributed by atoms with Gasteiger partial charge in [0.1, 0.15) is 17.1 Å². The summed E-state index contributed by atoms with van der Waals surface area (Å²) in [6.07, 6.45) is -2.73. The number of alkyl halides is 3. The number of esters is 1. The van der Waals surface area contributed by atoms with Gasteiger partial charge in [-0.05, 0) is 18.6 Å². The maximum absolute atomic E-state index is 12.5. The maximum Gasteiger partial charge on any atom is 0.342 e. The molecule has 0 aliphatic heterocycles. The molecule has 0 spiro atoms. The van der Waals surface area contributed by atoms with E-state index in [0.29, 0.717) is 5.56 Å². The molecule has 0 atom stereocenters. The zero-order chi connectivity index (χ0) is 13.0. The van der Waals surface area contributed by atoms with Gasteiger partial charge in [0.25, 0.3) is 6.43 Å². The predicted molar refractivity (Wildman–Crippen MR) is 62.2 cm³/mol. The number of nitrogen functional groups attached to an aromatic ring is 1. The topological polar surface area (TPSA) is 65.2 Å². The second-order valence-corrected chi connectivity index (χ2v) is 3.68. The van der Waals surface area contributed by atoms with Gasteiger partial charge in [0.15, 0.2) is 0 Å². The zero-order valence-electron chi connectivity index (χ0n) is 9.04. The fourth-order valence-electron chi connectivity index (χ4n) is 1.30. The Balaban J connectivity index is 3.25. The number of carbonyl (C=O) groups excluding carboxylic acids is 1. The van der Waals surface area contributed by atoms with Gasteiger partial charge in [-0.15, -0.1) is 0 Å². The lowest BCUT2D eigenvalue weighted by molar-refractivity contribution is 0.0525. The molecule has 4 nitrogen and oxygen atoms in total. The molecule has 94 valence electrons. The number of nitrogens with two attached hydrogens (primary N) is 1. The van der Waals surface area contributed by atoms with Crippen LogP contribution >= 0.6 is 15.9 Å². The summed E-state index contributed by atoms with van der Waals surface area (Å²) in [5.74, 6) is -0.900. The summed E-state index contributed by atoms with van der Waals surface area (Å²) in [5, 5.41) is 0.216. The molecule has 1 aromatic heterocycles. The van der Waals surface area contributed by atoms with E-state index in [1.807, 2.05) is 0 Å². The molecular weight excluding hydrogens is 298 g/mol. The molecule has 1 aromatic rings. The highest BCUT2D eigenvalue weighted by atomic mass is 79.9. The molecular formula is C10H11BrF2N2O2. The molecule has 1 heterocycles. The average Bonchev–Trinajstić information content (AvgIpc) is 2.27. The highest BCUT2D eigenvalue weighted by Gasteiger charge is 2.21. The van der Waals surface area contributed by atoms with Gasteiger partial charge in [-0.3, -0.25) is 0 Å². The lowest BCUT2D eigenvalue weighted by Crippen LogP contribution is -2.13. The number of carbonyl (C=O) groups is 1. The van der Waals surface area contributed by atoms with E-state index >= 15 is 0 Å². The van der Waals surface area contributed by atoms with Crippen molar-refractivity contribution in [2.75, 3.05) is 12.3 Å². The molecule has 1 rings (SSSR count). The Morgan fingerprint density at radius 3 is 2.76 bits per heavy atom. The second-order valence-electron chi connectivity index (χ2n) is 3.12. The summed E-state index contributed by atoms with van der Waals surface area (Å²) in [4.78, 5) is 15.1.